The van der Waals surface area contributed by atoms with Gasteiger partial charge in [0.1, 0.15) is 7.11 Å². The SMILES string of the molecule is CCOc1nc(N)c2nc(Br)n(OC)c2n1. The molecule has 0 aromatic carbocycles. The first-order valence-electron chi connectivity index (χ1n) is 4.56. The lowest BCUT2D eigenvalue weighted by Crippen LogP contribution is -2.08. The van der Waals surface area contributed by atoms with Gasteiger partial charge in [0.05, 0.1) is 6.61 Å². The van der Waals surface area contributed by atoms with Gasteiger partial charge in [0.25, 0.3) is 0 Å². The maximum Gasteiger partial charge on any atom is 0.320 e. The smallest absolute Gasteiger partial charge is 0.320 e. The van der Waals surface area contributed by atoms with E-state index >= 15 is 0 Å². The molecular formula is C8H10BrN5O2. The molecule has 2 rings (SSSR count). The number of halogens is 1. The number of anilines is 1. The molecule has 7 nitrogen and oxygen atoms in total. The number of fused-ring (bicyclic) bond motifs is 1. The van der Waals surface area contributed by atoms with Crippen LogP contribution in [0.4, 0.5) is 5.82 Å². The average Bonchev–Trinajstić information content (AvgIpc) is 2.55. The number of aromatic nitrogens is 4. The highest BCUT2D eigenvalue weighted by Crippen LogP contribution is 2.23. The third-order valence-corrected chi connectivity index (χ3v) is 2.39. The molecule has 0 saturated heterocycles. The zero-order chi connectivity index (χ0) is 11.7. The van der Waals surface area contributed by atoms with E-state index in [9.17, 15) is 0 Å². The van der Waals surface area contributed by atoms with Crippen molar-refractivity contribution < 1.29 is 9.57 Å². The fourth-order valence-electron chi connectivity index (χ4n) is 1.27. The monoisotopic (exact) mass is 287 g/mol. The van der Waals surface area contributed by atoms with Crippen molar-refractivity contribution in [3.05, 3.63) is 4.73 Å². The summed E-state index contributed by atoms with van der Waals surface area (Å²) in [7, 11) is 1.50. The first kappa shape index (κ1) is 10.9. The van der Waals surface area contributed by atoms with Crippen LogP contribution in [0.2, 0.25) is 0 Å². The molecule has 86 valence electrons. The minimum atomic E-state index is 0.207. The lowest BCUT2D eigenvalue weighted by Gasteiger charge is -2.04. The van der Waals surface area contributed by atoms with Gasteiger partial charge in [-0.15, -0.1) is 4.73 Å². The van der Waals surface area contributed by atoms with Gasteiger partial charge in [0.15, 0.2) is 11.3 Å². The molecule has 0 fully saturated rings. The minimum absolute atomic E-state index is 0.207. The van der Waals surface area contributed by atoms with Gasteiger partial charge in [-0.2, -0.15) is 9.97 Å². The van der Waals surface area contributed by atoms with Crippen LogP contribution in [0.1, 0.15) is 6.92 Å². The maximum atomic E-state index is 5.74. The summed E-state index contributed by atoms with van der Waals surface area (Å²) >= 11 is 3.23. The van der Waals surface area contributed by atoms with Crippen molar-refractivity contribution in [1.29, 1.82) is 0 Å². The van der Waals surface area contributed by atoms with Crippen LogP contribution in [0.15, 0.2) is 4.73 Å². The Hall–Kier alpha value is -1.57. The van der Waals surface area contributed by atoms with Crippen LogP contribution >= 0.6 is 15.9 Å². The Morgan fingerprint density at radius 1 is 1.38 bits per heavy atom. The van der Waals surface area contributed by atoms with Gasteiger partial charge < -0.3 is 15.3 Å². The van der Waals surface area contributed by atoms with Gasteiger partial charge in [0.2, 0.25) is 10.4 Å². The molecule has 0 unspecified atom stereocenters. The van der Waals surface area contributed by atoms with E-state index in [4.69, 9.17) is 15.3 Å². The Labute approximate surface area is 99.7 Å². The van der Waals surface area contributed by atoms with Crippen LogP contribution in [0, 0.1) is 0 Å². The number of nitrogens with two attached hydrogens (primary N) is 1. The largest absolute Gasteiger partial charge is 0.464 e. The van der Waals surface area contributed by atoms with Crippen LogP contribution in [-0.2, 0) is 0 Å². The molecular weight excluding hydrogens is 278 g/mol. The molecule has 0 aliphatic heterocycles. The van der Waals surface area contributed by atoms with Gasteiger partial charge in [0, 0.05) is 0 Å². The Balaban J connectivity index is 2.68. The number of imidazole rings is 1. The number of rotatable bonds is 3. The Kier molecular flexibility index (Phi) is 2.82. The van der Waals surface area contributed by atoms with Crippen molar-refractivity contribution >= 4 is 32.9 Å². The van der Waals surface area contributed by atoms with Gasteiger partial charge in [-0.05, 0) is 22.9 Å². The molecule has 0 atom stereocenters. The molecule has 2 aromatic heterocycles. The molecule has 2 N–H and O–H groups in total. The standard InChI is InChI=1S/C8H10BrN5O2/c1-3-16-8-12-5(10)4-6(13-8)14(15-2)7(9)11-4/h3H2,1-2H3,(H2,10,12,13). The predicted molar refractivity (Wildman–Crippen MR) is 61.1 cm³/mol. The van der Waals surface area contributed by atoms with E-state index in [0.717, 1.165) is 0 Å². The van der Waals surface area contributed by atoms with Crippen LogP contribution in [-0.4, -0.2) is 33.4 Å². The summed E-state index contributed by atoms with van der Waals surface area (Å²) in [4.78, 5) is 17.3. The fourth-order valence-corrected chi connectivity index (χ4v) is 1.76. The molecule has 0 amide bonds. The summed E-state index contributed by atoms with van der Waals surface area (Å²) in [5, 5.41) is 0. The molecule has 0 aliphatic carbocycles. The van der Waals surface area contributed by atoms with E-state index in [1.807, 2.05) is 6.92 Å². The minimum Gasteiger partial charge on any atom is -0.464 e. The Morgan fingerprint density at radius 3 is 2.75 bits per heavy atom. The van der Waals surface area contributed by atoms with Gasteiger partial charge in [-0.25, -0.2) is 4.98 Å². The summed E-state index contributed by atoms with van der Waals surface area (Å²) in [6.45, 7) is 2.31. The van der Waals surface area contributed by atoms with Crippen molar-refractivity contribution in [3.8, 4) is 6.01 Å². The third kappa shape index (κ3) is 1.64. The highest BCUT2D eigenvalue weighted by Gasteiger charge is 2.15. The number of hydrogen-bond acceptors (Lipinski definition) is 6. The number of nitrogen functional groups attached to an aromatic ring is 1. The van der Waals surface area contributed by atoms with E-state index < -0.39 is 0 Å². The molecule has 2 aromatic rings. The summed E-state index contributed by atoms with van der Waals surface area (Å²) in [5.41, 5.74) is 6.67. The molecule has 8 heteroatoms. The van der Waals surface area contributed by atoms with E-state index in [0.29, 0.717) is 22.5 Å². The molecule has 0 spiro atoms. The van der Waals surface area contributed by atoms with E-state index in [-0.39, 0.29) is 11.8 Å². The van der Waals surface area contributed by atoms with Crippen LogP contribution in [0.25, 0.3) is 11.2 Å². The Bertz CT molecular complexity index is 527. The summed E-state index contributed by atoms with van der Waals surface area (Å²) in [6, 6.07) is 0.207. The second-order valence-electron chi connectivity index (χ2n) is 2.85. The van der Waals surface area contributed by atoms with Gasteiger partial charge >= 0.3 is 6.01 Å². The molecule has 0 bridgehead atoms. The van der Waals surface area contributed by atoms with E-state index in [2.05, 4.69) is 30.9 Å². The van der Waals surface area contributed by atoms with Crippen molar-refractivity contribution in [2.24, 2.45) is 0 Å². The van der Waals surface area contributed by atoms with Gasteiger partial charge in [-0.1, -0.05) is 0 Å². The van der Waals surface area contributed by atoms with E-state index in [1.165, 1.54) is 11.8 Å². The Morgan fingerprint density at radius 2 is 2.12 bits per heavy atom. The van der Waals surface area contributed by atoms with Crippen molar-refractivity contribution in [2.75, 3.05) is 19.5 Å². The number of hydrogen-bond donors (Lipinski definition) is 1. The first-order chi connectivity index (χ1) is 7.67. The molecule has 2 heterocycles. The fraction of sp³-hybridized carbons (Fsp3) is 0.375. The summed E-state index contributed by atoms with van der Waals surface area (Å²) < 4.78 is 7.06. The highest BCUT2D eigenvalue weighted by molar-refractivity contribution is 9.10. The van der Waals surface area contributed by atoms with Gasteiger partial charge in [-0.3, -0.25) is 0 Å². The maximum absolute atomic E-state index is 5.74. The number of nitrogens with zero attached hydrogens (tertiary/aromatic N) is 4. The highest BCUT2D eigenvalue weighted by atomic mass is 79.9. The van der Waals surface area contributed by atoms with Crippen molar-refractivity contribution in [2.45, 2.75) is 6.92 Å². The zero-order valence-electron chi connectivity index (χ0n) is 8.77. The molecule has 16 heavy (non-hydrogen) atoms. The second-order valence-corrected chi connectivity index (χ2v) is 3.56. The summed E-state index contributed by atoms with van der Waals surface area (Å²) in [5.74, 6) is 0.255. The van der Waals surface area contributed by atoms with Crippen molar-refractivity contribution in [1.82, 2.24) is 19.7 Å². The zero-order valence-corrected chi connectivity index (χ0v) is 10.4. The topological polar surface area (TPSA) is 88.1 Å². The molecule has 0 aliphatic rings. The quantitative estimate of drug-likeness (QED) is 0.833. The number of ether oxygens (including phenoxy) is 1. The lowest BCUT2D eigenvalue weighted by atomic mass is 10.5. The molecule has 0 saturated carbocycles. The second kappa shape index (κ2) is 4.12. The average molecular weight is 288 g/mol. The first-order valence-corrected chi connectivity index (χ1v) is 5.35. The summed E-state index contributed by atoms with van der Waals surface area (Å²) in [6.07, 6.45) is 0. The molecule has 0 radical (unpaired) electrons. The van der Waals surface area contributed by atoms with Crippen LogP contribution in [0.3, 0.4) is 0 Å². The van der Waals surface area contributed by atoms with E-state index in [1.54, 1.807) is 0 Å². The van der Waals surface area contributed by atoms with Crippen LogP contribution in [0.5, 0.6) is 6.01 Å². The normalized spacial score (nSPS) is 10.7. The predicted octanol–water partition coefficient (Wildman–Crippen LogP) is 0.628. The van der Waals surface area contributed by atoms with Crippen molar-refractivity contribution in [3.63, 3.8) is 0 Å². The lowest BCUT2D eigenvalue weighted by molar-refractivity contribution is 0.169. The third-order valence-electron chi connectivity index (χ3n) is 1.89. The van der Waals surface area contributed by atoms with Crippen LogP contribution < -0.4 is 15.3 Å².